The third kappa shape index (κ3) is 1.86. The lowest BCUT2D eigenvalue weighted by Gasteiger charge is -2.16. The summed E-state index contributed by atoms with van der Waals surface area (Å²) >= 11 is 5.52. The summed E-state index contributed by atoms with van der Waals surface area (Å²) in [5, 5.41) is 18.1. The van der Waals surface area contributed by atoms with Gasteiger partial charge in [0.15, 0.2) is 11.0 Å². The van der Waals surface area contributed by atoms with Crippen molar-refractivity contribution < 1.29 is 9.84 Å². The molecule has 0 aromatic carbocycles. The van der Waals surface area contributed by atoms with Crippen LogP contribution in [0.15, 0.2) is 21.6 Å². The summed E-state index contributed by atoms with van der Waals surface area (Å²) < 4.78 is 4.45. The topological polar surface area (TPSA) is 80.9 Å². The van der Waals surface area contributed by atoms with E-state index >= 15 is 0 Å². The molecule has 0 atom stereocenters. The van der Waals surface area contributed by atoms with Gasteiger partial charge in [-0.05, 0) is 14.0 Å². The lowest BCUT2D eigenvalue weighted by atomic mass is 10.3. The number of ether oxygens (including phenoxy) is 1. The van der Waals surface area contributed by atoms with Gasteiger partial charge in [-0.1, -0.05) is 11.6 Å². The van der Waals surface area contributed by atoms with Gasteiger partial charge in [0.2, 0.25) is 0 Å². The van der Waals surface area contributed by atoms with E-state index in [1.165, 1.54) is 7.11 Å². The third-order valence-corrected chi connectivity index (χ3v) is 1.67. The number of methoxy groups -OCH3 is 1. The monoisotopic (exact) mass is 200 g/mol. The first-order chi connectivity index (χ1) is 6.06. The van der Waals surface area contributed by atoms with Crippen molar-refractivity contribution in [3.05, 3.63) is 11.6 Å². The number of aliphatic imine (C=N–C) groups is 2. The molecule has 0 radical (unpaired) electrons. The third-order valence-electron chi connectivity index (χ3n) is 1.41. The Morgan fingerprint density at radius 3 is 2.69 bits per heavy atom. The van der Waals surface area contributed by atoms with Gasteiger partial charge in [-0.3, -0.25) is 5.41 Å². The highest BCUT2D eigenvalue weighted by Crippen LogP contribution is 2.12. The highest BCUT2D eigenvalue weighted by atomic mass is 35.5. The number of rotatable bonds is 1. The molecule has 0 unspecified atom stereocenters. The zero-order chi connectivity index (χ0) is 10.0. The first-order valence-electron chi connectivity index (χ1n) is 3.40. The van der Waals surface area contributed by atoms with E-state index in [0.717, 1.165) is 0 Å². The molecule has 0 aliphatic carbocycles. The van der Waals surface area contributed by atoms with Crippen molar-refractivity contribution in [2.45, 2.75) is 6.92 Å². The molecule has 1 heterocycles. The van der Waals surface area contributed by atoms with E-state index in [1.807, 2.05) is 0 Å². The van der Waals surface area contributed by atoms with Gasteiger partial charge in [-0.25, -0.2) is 9.98 Å². The molecule has 0 aromatic rings. The minimum atomic E-state index is -0.605. The maximum Gasteiger partial charge on any atom is 0.183 e. The number of allylic oxidation sites excluding steroid dienone is 1. The molecule has 0 amide bonds. The lowest BCUT2D eigenvalue weighted by Crippen LogP contribution is -2.20. The predicted molar refractivity (Wildman–Crippen MR) is 48.2 cm³/mol. The van der Waals surface area contributed by atoms with Gasteiger partial charge < -0.3 is 9.84 Å². The highest BCUT2D eigenvalue weighted by Gasteiger charge is 2.14. The van der Waals surface area contributed by atoms with Crippen LogP contribution in [-0.4, -0.2) is 23.8 Å². The van der Waals surface area contributed by atoms with Crippen molar-refractivity contribution in [2.75, 3.05) is 7.11 Å². The fraction of sp³-hybridized carbons (Fsp3) is 0.286. The van der Waals surface area contributed by atoms with Crippen molar-refractivity contribution in [3.8, 4) is 0 Å². The fourth-order valence-corrected chi connectivity index (χ4v) is 0.916. The van der Waals surface area contributed by atoms with Crippen LogP contribution >= 0.6 is 11.6 Å². The summed E-state index contributed by atoms with van der Waals surface area (Å²) in [6, 6.07) is 0. The van der Waals surface area contributed by atoms with Crippen molar-refractivity contribution in [1.82, 2.24) is 0 Å². The Labute approximate surface area is 79.9 Å². The van der Waals surface area contributed by atoms with Gasteiger partial charge in [0.05, 0.1) is 11.7 Å². The number of nitrogens with zero attached hydrogens (tertiary/aromatic N) is 2. The molecule has 6 heteroatoms. The van der Waals surface area contributed by atoms with Gasteiger partial charge >= 0.3 is 0 Å². The Balaban J connectivity index is 3.16. The maximum atomic E-state index is 11.1. The molecule has 1 aliphatic heterocycles. The quantitative estimate of drug-likeness (QED) is 0.616. The molecular weight excluding hydrogens is 194 g/mol. The largest absolute Gasteiger partial charge is 0.615 e. The second-order valence-corrected chi connectivity index (χ2v) is 2.65. The lowest BCUT2D eigenvalue weighted by molar-refractivity contribution is -0.354. The van der Waals surface area contributed by atoms with Crippen LogP contribution < -0.4 is 5.11 Å². The minimum Gasteiger partial charge on any atom is -0.615 e. The molecule has 5 nitrogen and oxygen atoms in total. The normalized spacial score (nSPS) is 20.7. The average Bonchev–Trinajstić information content (AvgIpc) is 2.10. The maximum absolute atomic E-state index is 11.1. The van der Waals surface area contributed by atoms with Crippen LogP contribution in [0, 0.1) is 5.41 Å². The SMILES string of the molecule is CO/C([O-])=C1\N=C(Cl)C(=N)N=C1C. The van der Waals surface area contributed by atoms with Crippen molar-refractivity contribution in [3.63, 3.8) is 0 Å². The van der Waals surface area contributed by atoms with Gasteiger partial charge in [0, 0.05) is 0 Å². The molecular formula is C7H7ClN3O2-. The zero-order valence-corrected chi connectivity index (χ0v) is 7.84. The first kappa shape index (κ1) is 9.73. The summed E-state index contributed by atoms with van der Waals surface area (Å²) in [5.74, 6) is -0.751. The molecule has 1 rings (SSSR count). The molecule has 0 saturated heterocycles. The summed E-state index contributed by atoms with van der Waals surface area (Å²) in [5.41, 5.74) is 0.379. The summed E-state index contributed by atoms with van der Waals surface area (Å²) in [4.78, 5) is 7.40. The van der Waals surface area contributed by atoms with Crippen LogP contribution in [-0.2, 0) is 4.74 Å². The predicted octanol–water partition coefficient (Wildman–Crippen LogP) is 0.251. The molecule has 1 N–H and O–H groups in total. The number of amidine groups is 1. The second-order valence-electron chi connectivity index (χ2n) is 2.29. The van der Waals surface area contributed by atoms with E-state index in [-0.39, 0.29) is 16.7 Å². The van der Waals surface area contributed by atoms with E-state index in [9.17, 15) is 5.11 Å². The Kier molecular flexibility index (Phi) is 2.67. The van der Waals surface area contributed by atoms with E-state index < -0.39 is 5.95 Å². The van der Waals surface area contributed by atoms with Crippen LogP contribution in [0.4, 0.5) is 0 Å². The summed E-state index contributed by atoms with van der Waals surface area (Å²) in [7, 11) is 1.24. The Morgan fingerprint density at radius 2 is 2.15 bits per heavy atom. The van der Waals surface area contributed by atoms with Gasteiger partial charge in [0.25, 0.3) is 0 Å². The van der Waals surface area contributed by atoms with E-state index in [4.69, 9.17) is 17.0 Å². The van der Waals surface area contributed by atoms with Gasteiger partial charge in [0.1, 0.15) is 5.70 Å². The molecule has 0 spiro atoms. The summed E-state index contributed by atoms with van der Waals surface area (Å²) in [6.07, 6.45) is 0. The van der Waals surface area contributed by atoms with E-state index in [1.54, 1.807) is 6.92 Å². The Hall–Kier alpha value is -1.36. The number of halogens is 1. The molecule has 0 bridgehead atoms. The van der Waals surface area contributed by atoms with Crippen LogP contribution in [0.25, 0.3) is 0 Å². The van der Waals surface area contributed by atoms with Crippen molar-refractivity contribution in [1.29, 1.82) is 5.41 Å². The molecule has 0 aromatic heterocycles. The smallest absolute Gasteiger partial charge is 0.183 e. The van der Waals surface area contributed by atoms with Crippen LogP contribution in [0.1, 0.15) is 6.92 Å². The van der Waals surface area contributed by atoms with Crippen LogP contribution in [0.2, 0.25) is 0 Å². The minimum absolute atomic E-state index is 0.0449. The van der Waals surface area contributed by atoms with Crippen LogP contribution in [0.5, 0.6) is 0 Å². The van der Waals surface area contributed by atoms with E-state index in [2.05, 4.69) is 14.7 Å². The second kappa shape index (κ2) is 3.57. The zero-order valence-electron chi connectivity index (χ0n) is 7.09. The van der Waals surface area contributed by atoms with Gasteiger partial charge in [-0.15, -0.1) is 0 Å². The van der Waals surface area contributed by atoms with Crippen molar-refractivity contribution >= 4 is 28.3 Å². The fourth-order valence-electron chi connectivity index (χ4n) is 0.789. The molecule has 0 fully saturated rings. The van der Waals surface area contributed by atoms with E-state index in [0.29, 0.717) is 5.71 Å². The highest BCUT2D eigenvalue weighted by molar-refractivity contribution is 6.84. The van der Waals surface area contributed by atoms with Crippen molar-refractivity contribution in [2.24, 2.45) is 9.98 Å². The number of nitrogens with one attached hydrogen (secondary N) is 1. The Morgan fingerprint density at radius 1 is 1.54 bits per heavy atom. The standard InChI is InChI=1S/C7H8ClN3O2/c1-3-4(7(12)13-2)11-5(8)6(9)10-3/h9,12H,1-2H3/p-1/b7-4-,9-6?. The number of hydrogen-bond acceptors (Lipinski definition) is 4. The molecule has 0 saturated carbocycles. The number of hydrogen-bond donors (Lipinski definition) is 1. The summed E-state index contributed by atoms with van der Waals surface area (Å²) in [6.45, 7) is 1.56. The van der Waals surface area contributed by atoms with Gasteiger partial charge in [-0.2, -0.15) is 0 Å². The molecule has 13 heavy (non-hydrogen) atoms. The Bertz CT molecular complexity index is 344. The molecule has 1 aliphatic rings. The first-order valence-corrected chi connectivity index (χ1v) is 3.78. The molecule has 70 valence electrons. The van der Waals surface area contributed by atoms with Crippen LogP contribution in [0.3, 0.4) is 0 Å². The average molecular weight is 201 g/mol.